The van der Waals surface area contributed by atoms with Crippen LogP contribution < -0.4 is 10.2 Å². The minimum atomic E-state index is -3.39. The van der Waals surface area contributed by atoms with Gasteiger partial charge < -0.3 is 15.3 Å². The van der Waals surface area contributed by atoms with Crippen LogP contribution in [0.2, 0.25) is 0 Å². The number of carbonyl (C=O) groups is 1. The second-order valence-corrected chi connectivity index (χ2v) is 11.9. The summed E-state index contributed by atoms with van der Waals surface area (Å²) in [6.45, 7) is 4.78. The largest absolute Gasteiger partial charge is 0.379 e. The molecule has 3 atom stereocenters. The van der Waals surface area contributed by atoms with E-state index in [9.17, 15) is 18.3 Å². The van der Waals surface area contributed by atoms with Crippen molar-refractivity contribution in [1.82, 2.24) is 14.9 Å². The number of aryl methyl sites for hydroxylation is 1. The van der Waals surface area contributed by atoms with Crippen LogP contribution in [0.15, 0.2) is 59.8 Å². The van der Waals surface area contributed by atoms with Gasteiger partial charge in [0.05, 0.1) is 29.0 Å². The third kappa shape index (κ3) is 5.09. The molecule has 3 aromatic rings. The summed E-state index contributed by atoms with van der Waals surface area (Å²) in [5, 5.41) is 13.2. The summed E-state index contributed by atoms with van der Waals surface area (Å²) < 4.78 is 24.0. The number of aliphatic hydroxyl groups excluding tert-OH is 1. The van der Waals surface area contributed by atoms with Crippen molar-refractivity contribution in [3.05, 3.63) is 77.1 Å². The molecule has 2 aliphatic heterocycles. The van der Waals surface area contributed by atoms with Crippen LogP contribution in [0.4, 0.5) is 11.6 Å². The lowest BCUT2D eigenvalue weighted by atomic mass is 10.0. The quantitative estimate of drug-likeness (QED) is 0.507. The molecule has 37 heavy (non-hydrogen) atoms. The Labute approximate surface area is 217 Å². The second-order valence-electron chi connectivity index (χ2n) is 9.86. The smallest absolute Gasteiger partial charge is 0.246 e. The fraction of sp³-hybridized carbons (Fsp3) is 0.370. The van der Waals surface area contributed by atoms with Crippen LogP contribution in [0.1, 0.15) is 54.1 Å². The molecule has 0 spiro atoms. The number of nitrogens with one attached hydrogen (secondary N) is 1. The lowest BCUT2D eigenvalue weighted by molar-refractivity contribution is -0.125. The summed E-state index contributed by atoms with van der Waals surface area (Å²) in [6.07, 6.45) is 5.52. The van der Waals surface area contributed by atoms with E-state index in [0.29, 0.717) is 22.8 Å². The predicted octanol–water partition coefficient (Wildman–Crippen LogP) is 3.36. The first-order valence-electron chi connectivity index (χ1n) is 12.3. The van der Waals surface area contributed by atoms with E-state index in [2.05, 4.69) is 51.4 Å². The van der Waals surface area contributed by atoms with Gasteiger partial charge in [-0.3, -0.25) is 9.69 Å². The second kappa shape index (κ2) is 9.85. The number of nitrogens with zero attached hydrogens (tertiary/aromatic N) is 4. The number of hydrogen-bond acceptors (Lipinski definition) is 8. The van der Waals surface area contributed by atoms with Crippen LogP contribution in [0.25, 0.3) is 0 Å². The molecule has 1 fully saturated rings. The normalized spacial score (nSPS) is 20.6. The molecule has 2 unspecified atom stereocenters. The van der Waals surface area contributed by atoms with Crippen molar-refractivity contribution in [3.8, 4) is 0 Å². The summed E-state index contributed by atoms with van der Waals surface area (Å²) in [5.41, 5.74) is 4.28. The summed E-state index contributed by atoms with van der Waals surface area (Å²) in [5.74, 6) is 0.271. The molecule has 2 N–H and O–H groups in total. The molecule has 2 aliphatic rings. The van der Waals surface area contributed by atoms with E-state index in [1.807, 2.05) is 0 Å². The number of aromatic nitrogens is 2. The lowest BCUT2D eigenvalue weighted by Gasteiger charge is -2.27. The van der Waals surface area contributed by atoms with Gasteiger partial charge in [-0.1, -0.05) is 35.9 Å². The van der Waals surface area contributed by atoms with E-state index in [-0.39, 0.29) is 23.4 Å². The van der Waals surface area contributed by atoms with Crippen LogP contribution in [0.5, 0.6) is 0 Å². The van der Waals surface area contributed by atoms with Crippen LogP contribution in [0, 0.1) is 6.92 Å². The molecule has 194 valence electrons. The number of rotatable bonds is 6. The van der Waals surface area contributed by atoms with Crippen molar-refractivity contribution in [1.29, 1.82) is 0 Å². The number of hydrogen-bond donors (Lipinski definition) is 2. The van der Waals surface area contributed by atoms with Gasteiger partial charge in [0, 0.05) is 19.3 Å². The maximum absolute atomic E-state index is 13.3. The Balaban J connectivity index is 1.34. The summed E-state index contributed by atoms with van der Waals surface area (Å²) in [6, 6.07) is 12.7. The van der Waals surface area contributed by atoms with Crippen LogP contribution in [0.3, 0.4) is 0 Å². The van der Waals surface area contributed by atoms with E-state index in [1.165, 1.54) is 17.2 Å². The third-order valence-corrected chi connectivity index (χ3v) is 8.24. The monoisotopic (exact) mass is 521 g/mol. The maximum atomic E-state index is 13.3. The molecule has 9 nitrogen and oxygen atoms in total. The van der Waals surface area contributed by atoms with Crippen molar-refractivity contribution in [2.45, 2.75) is 56.4 Å². The van der Waals surface area contributed by atoms with Crippen LogP contribution >= 0.6 is 0 Å². The molecule has 0 radical (unpaired) electrons. The highest BCUT2D eigenvalue weighted by Crippen LogP contribution is 2.37. The minimum Gasteiger partial charge on any atom is -0.379 e. The van der Waals surface area contributed by atoms with Crippen molar-refractivity contribution >= 4 is 27.4 Å². The van der Waals surface area contributed by atoms with Gasteiger partial charge >= 0.3 is 0 Å². The van der Waals surface area contributed by atoms with Gasteiger partial charge in [0.1, 0.15) is 12.3 Å². The number of benzene rings is 2. The molecular weight excluding hydrogens is 490 g/mol. The zero-order valence-corrected chi connectivity index (χ0v) is 21.9. The number of anilines is 2. The average Bonchev–Trinajstić information content (AvgIpc) is 3.49. The predicted molar refractivity (Wildman–Crippen MR) is 141 cm³/mol. The Hall–Kier alpha value is -3.34. The first-order valence-corrected chi connectivity index (χ1v) is 14.2. The Morgan fingerprint density at radius 1 is 1.14 bits per heavy atom. The third-order valence-electron chi connectivity index (χ3n) is 7.13. The number of amides is 1. The van der Waals surface area contributed by atoms with Gasteiger partial charge in [-0.2, -0.15) is 0 Å². The summed E-state index contributed by atoms with van der Waals surface area (Å²) in [4.78, 5) is 26.4. The standard InChI is InChI=1S/C27H31N5O4S/c1-17-6-8-19(9-7-17)24-5-4-12-31(24)27-28-14-21(15-29-27)30-26(34)25-23-11-10-22(37(3,35)36)13-20(23)16-32(25)18(2)33/h6-11,13-15,18,24-25,33H,4-5,12,16H2,1-3H3,(H,30,34)/t18?,24?,25-/m1/s1. The number of sulfone groups is 1. The molecule has 0 aliphatic carbocycles. The SMILES string of the molecule is Cc1ccc(C2CCCN2c2ncc(NC(=O)[C@H]3c4ccc(S(C)(=O)=O)cc4CN3C(C)O)cn2)cc1. The Kier molecular flexibility index (Phi) is 6.74. The first-order chi connectivity index (χ1) is 17.6. The molecule has 10 heteroatoms. The molecule has 1 amide bonds. The zero-order chi connectivity index (χ0) is 26.3. The molecule has 0 saturated carbocycles. The van der Waals surface area contributed by atoms with Gasteiger partial charge in [-0.25, -0.2) is 18.4 Å². The van der Waals surface area contributed by atoms with E-state index in [1.54, 1.807) is 36.4 Å². The van der Waals surface area contributed by atoms with Crippen LogP contribution in [-0.2, 0) is 21.2 Å². The molecule has 5 rings (SSSR count). The van der Waals surface area contributed by atoms with Crippen molar-refractivity contribution in [2.24, 2.45) is 0 Å². The molecule has 1 aromatic heterocycles. The minimum absolute atomic E-state index is 0.188. The van der Waals surface area contributed by atoms with Gasteiger partial charge in [-0.15, -0.1) is 0 Å². The van der Waals surface area contributed by atoms with E-state index in [4.69, 9.17) is 0 Å². The highest BCUT2D eigenvalue weighted by Gasteiger charge is 2.38. The maximum Gasteiger partial charge on any atom is 0.246 e. The van der Waals surface area contributed by atoms with Crippen LogP contribution in [-0.4, -0.2) is 53.3 Å². The lowest BCUT2D eigenvalue weighted by Crippen LogP contribution is -2.38. The summed E-state index contributed by atoms with van der Waals surface area (Å²) >= 11 is 0. The zero-order valence-electron chi connectivity index (χ0n) is 21.1. The topological polar surface area (TPSA) is 116 Å². The van der Waals surface area contributed by atoms with Gasteiger partial charge in [0.15, 0.2) is 9.84 Å². The molecule has 0 bridgehead atoms. The Morgan fingerprint density at radius 2 is 1.84 bits per heavy atom. The number of carbonyl (C=O) groups excluding carboxylic acids is 1. The Morgan fingerprint density at radius 3 is 2.49 bits per heavy atom. The molecule has 3 heterocycles. The molecule has 1 saturated heterocycles. The van der Waals surface area contributed by atoms with Crippen molar-refractivity contribution < 1.29 is 18.3 Å². The average molecular weight is 522 g/mol. The Bertz CT molecular complexity index is 1410. The highest BCUT2D eigenvalue weighted by atomic mass is 32.2. The summed E-state index contributed by atoms with van der Waals surface area (Å²) in [7, 11) is -3.39. The number of aliphatic hydroxyl groups is 1. The van der Waals surface area contributed by atoms with E-state index >= 15 is 0 Å². The van der Waals surface area contributed by atoms with E-state index < -0.39 is 22.1 Å². The highest BCUT2D eigenvalue weighted by molar-refractivity contribution is 7.90. The fourth-order valence-corrected chi connectivity index (χ4v) is 5.88. The van der Waals surface area contributed by atoms with Gasteiger partial charge in [-0.05, 0) is 55.5 Å². The van der Waals surface area contributed by atoms with E-state index in [0.717, 1.165) is 25.6 Å². The first kappa shape index (κ1) is 25.3. The van der Waals surface area contributed by atoms with Crippen molar-refractivity contribution in [2.75, 3.05) is 23.0 Å². The van der Waals surface area contributed by atoms with Gasteiger partial charge in [0.2, 0.25) is 11.9 Å². The molecular formula is C27H31N5O4S. The number of fused-ring (bicyclic) bond motifs is 1. The molecule has 2 aromatic carbocycles. The van der Waals surface area contributed by atoms with Crippen molar-refractivity contribution in [3.63, 3.8) is 0 Å². The van der Waals surface area contributed by atoms with Gasteiger partial charge in [0.25, 0.3) is 0 Å². The fourth-order valence-electron chi connectivity index (χ4n) is 5.21.